The van der Waals surface area contributed by atoms with E-state index < -0.39 is 6.10 Å². The fourth-order valence-corrected chi connectivity index (χ4v) is 5.00. The topological polar surface area (TPSA) is 72.8 Å². The zero-order chi connectivity index (χ0) is 35.7. The van der Waals surface area contributed by atoms with Crippen LogP contribution in [0.1, 0.15) is 162 Å². The maximum atomic E-state index is 12.1. The van der Waals surface area contributed by atoms with E-state index >= 15 is 0 Å². The molecule has 0 aliphatic rings. The quantitative estimate of drug-likeness (QED) is 0.0416. The summed E-state index contributed by atoms with van der Waals surface area (Å²) in [7, 11) is 0. The highest BCUT2D eigenvalue weighted by Crippen LogP contribution is 2.12. The van der Waals surface area contributed by atoms with E-state index in [0.717, 1.165) is 89.9 Å². The summed E-state index contributed by atoms with van der Waals surface area (Å²) in [5, 5.41) is 9.53. The summed E-state index contributed by atoms with van der Waals surface area (Å²) in [6, 6.07) is 0. The molecule has 0 saturated carbocycles. The summed E-state index contributed by atoms with van der Waals surface area (Å²) in [6.45, 7) is 3.96. The molecule has 0 bridgehead atoms. The third-order valence-electron chi connectivity index (χ3n) is 7.95. The Morgan fingerprint density at radius 1 is 0.490 bits per heavy atom. The number of allylic oxidation sites excluding steroid dienone is 14. The van der Waals surface area contributed by atoms with E-state index in [2.05, 4.69) is 98.9 Å². The molecule has 0 spiro atoms. The lowest BCUT2D eigenvalue weighted by Gasteiger charge is -2.15. The smallest absolute Gasteiger partial charge is 0.306 e. The largest absolute Gasteiger partial charge is 0.462 e. The number of aliphatic hydroxyl groups is 1. The molecule has 1 atom stereocenters. The number of ether oxygens (including phenoxy) is 2. The van der Waals surface area contributed by atoms with Crippen molar-refractivity contribution in [2.75, 3.05) is 13.2 Å². The molecule has 0 heterocycles. The van der Waals surface area contributed by atoms with Gasteiger partial charge in [0.05, 0.1) is 6.61 Å². The lowest BCUT2D eigenvalue weighted by atomic mass is 10.1. The Hall–Kier alpha value is -2.92. The van der Waals surface area contributed by atoms with Crippen LogP contribution in [-0.2, 0) is 19.1 Å². The van der Waals surface area contributed by atoms with Crippen LogP contribution < -0.4 is 0 Å². The van der Waals surface area contributed by atoms with Crippen LogP contribution >= 0.6 is 0 Å². The molecule has 0 radical (unpaired) electrons. The predicted molar refractivity (Wildman–Crippen MR) is 209 cm³/mol. The van der Waals surface area contributed by atoms with Gasteiger partial charge < -0.3 is 14.6 Å². The van der Waals surface area contributed by atoms with Gasteiger partial charge in [0.2, 0.25) is 0 Å². The van der Waals surface area contributed by atoms with Crippen molar-refractivity contribution >= 4 is 11.9 Å². The molecule has 0 aromatic rings. The van der Waals surface area contributed by atoms with Gasteiger partial charge in [0.1, 0.15) is 6.61 Å². The molecule has 0 aromatic carbocycles. The molecule has 1 N–H and O–H groups in total. The number of carbonyl (C=O) groups excluding carboxylic acids is 2. The van der Waals surface area contributed by atoms with Crippen molar-refractivity contribution in [3.05, 3.63) is 85.1 Å². The van der Waals surface area contributed by atoms with E-state index in [-0.39, 0.29) is 25.2 Å². The highest BCUT2D eigenvalue weighted by molar-refractivity contribution is 5.70. The fourth-order valence-electron chi connectivity index (χ4n) is 5.00. The number of carbonyl (C=O) groups is 2. The number of unbranched alkanes of at least 4 members (excludes halogenated alkanes) is 12. The molecular weight excluding hydrogens is 608 g/mol. The van der Waals surface area contributed by atoms with E-state index in [1.165, 1.54) is 44.9 Å². The summed E-state index contributed by atoms with van der Waals surface area (Å²) in [4.78, 5) is 24.2. The molecule has 0 aliphatic heterocycles. The van der Waals surface area contributed by atoms with E-state index in [1.54, 1.807) is 0 Å². The Labute approximate surface area is 301 Å². The predicted octanol–water partition coefficient (Wildman–Crippen LogP) is 12.3. The Morgan fingerprint density at radius 3 is 1.33 bits per heavy atom. The molecule has 278 valence electrons. The first-order valence-corrected chi connectivity index (χ1v) is 19.6. The average Bonchev–Trinajstić information content (AvgIpc) is 3.10. The number of rotatable bonds is 34. The Balaban J connectivity index is 3.69. The van der Waals surface area contributed by atoms with Gasteiger partial charge in [0.15, 0.2) is 6.10 Å². The monoisotopic (exact) mass is 681 g/mol. The molecular formula is C44H72O5. The summed E-state index contributed by atoms with van der Waals surface area (Å²) in [5.74, 6) is -0.638. The standard InChI is InChI=1S/C44H72O5/c1-3-5-7-9-11-13-15-16-17-18-19-20-21-22-23-24-25-26-27-28-29-31-33-35-37-39-44(47)49-42(40-45)41-48-43(46)38-36-34-32-30-14-12-10-8-6-4-2/h5,7,11,13,16-17,19-20,22-23,25-26,28-29,42,45H,3-4,6,8-10,12,14-15,18,21,24,27,30-41H2,1-2H3/b7-5-,13-11-,17-16-,20-19-,23-22-,26-25-,29-28-. The molecule has 0 aliphatic carbocycles. The zero-order valence-corrected chi connectivity index (χ0v) is 31.4. The van der Waals surface area contributed by atoms with Crippen LogP contribution in [0.15, 0.2) is 85.1 Å². The van der Waals surface area contributed by atoms with Crippen molar-refractivity contribution in [2.45, 2.75) is 168 Å². The first kappa shape index (κ1) is 46.1. The van der Waals surface area contributed by atoms with Gasteiger partial charge in [-0.05, 0) is 70.6 Å². The summed E-state index contributed by atoms with van der Waals surface area (Å²) in [5.41, 5.74) is 0. The van der Waals surface area contributed by atoms with Gasteiger partial charge in [0.25, 0.3) is 0 Å². The SMILES string of the molecule is CC/C=C\C/C=C\C/C=C\C/C=C\C/C=C\C/C=C\C/C=C\CCCCCC(=O)OC(CO)COC(=O)CCCCCCCCCCCC. The van der Waals surface area contributed by atoms with E-state index in [4.69, 9.17) is 9.47 Å². The van der Waals surface area contributed by atoms with Gasteiger partial charge >= 0.3 is 11.9 Å². The van der Waals surface area contributed by atoms with Crippen LogP contribution in [0, 0.1) is 0 Å². The second-order valence-corrected chi connectivity index (χ2v) is 12.6. The lowest BCUT2D eigenvalue weighted by molar-refractivity contribution is -0.161. The van der Waals surface area contributed by atoms with Gasteiger partial charge in [0, 0.05) is 12.8 Å². The number of hydrogen-bond donors (Lipinski definition) is 1. The lowest BCUT2D eigenvalue weighted by Crippen LogP contribution is -2.28. The summed E-state index contributed by atoms with van der Waals surface area (Å²) in [6.07, 6.45) is 53.6. The minimum atomic E-state index is -0.791. The molecule has 0 rings (SSSR count). The van der Waals surface area contributed by atoms with Crippen LogP contribution in [0.25, 0.3) is 0 Å². The number of hydrogen-bond acceptors (Lipinski definition) is 5. The van der Waals surface area contributed by atoms with Gasteiger partial charge in [-0.25, -0.2) is 0 Å². The molecule has 5 nitrogen and oxygen atoms in total. The van der Waals surface area contributed by atoms with Crippen LogP contribution in [0.3, 0.4) is 0 Å². The average molecular weight is 681 g/mol. The fraction of sp³-hybridized carbons (Fsp3) is 0.636. The van der Waals surface area contributed by atoms with Crippen LogP contribution in [0.5, 0.6) is 0 Å². The highest BCUT2D eigenvalue weighted by Gasteiger charge is 2.16. The van der Waals surface area contributed by atoms with Crippen molar-refractivity contribution < 1.29 is 24.2 Å². The second-order valence-electron chi connectivity index (χ2n) is 12.6. The van der Waals surface area contributed by atoms with Crippen molar-refractivity contribution in [3.63, 3.8) is 0 Å². The minimum Gasteiger partial charge on any atom is -0.462 e. The Bertz CT molecular complexity index is 952. The zero-order valence-electron chi connectivity index (χ0n) is 31.4. The Kier molecular flexibility index (Phi) is 37.2. The molecule has 49 heavy (non-hydrogen) atoms. The van der Waals surface area contributed by atoms with Gasteiger partial charge in [-0.2, -0.15) is 0 Å². The highest BCUT2D eigenvalue weighted by atomic mass is 16.6. The first-order valence-electron chi connectivity index (χ1n) is 19.6. The maximum Gasteiger partial charge on any atom is 0.306 e. The maximum absolute atomic E-state index is 12.1. The molecule has 0 saturated heterocycles. The van der Waals surface area contributed by atoms with Crippen LogP contribution in [0.2, 0.25) is 0 Å². The van der Waals surface area contributed by atoms with Crippen molar-refractivity contribution in [1.82, 2.24) is 0 Å². The minimum absolute atomic E-state index is 0.0829. The van der Waals surface area contributed by atoms with Crippen LogP contribution in [0.4, 0.5) is 0 Å². The second kappa shape index (κ2) is 39.5. The summed E-state index contributed by atoms with van der Waals surface area (Å²) < 4.78 is 10.5. The normalized spacial score (nSPS) is 13.1. The van der Waals surface area contributed by atoms with E-state index in [0.29, 0.717) is 12.8 Å². The third kappa shape index (κ3) is 37.7. The van der Waals surface area contributed by atoms with E-state index in [1.807, 2.05) is 0 Å². The third-order valence-corrected chi connectivity index (χ3v) is 7.95. The Morgan fingerprint density at radius 2 is 0.878 bits per heavy atom. The van der Waals surface area contributed by atoms with Gasteiger partial charge in [-0.1, -0.05) is 163 Å². The van der Waals surface area contributed by atoms with Gasteiger partial charge in [-0.15, -0.1) is 0 Å². The molecule has 5 heteroatoms. The van der Waals surface area contributed by atoms with Crippen molar-refractivity contribution in [1.29, 1.82) is 0 Å². The number of esters is 2. The van der Waals surface area contributed by atoms with Gasteiger partial charge in [-0.3, -0.25) is 9.59 Å². The summed E-state index contributed by atoms with van der Waals surface area (Å²) >= 11 is 0. The van der Waals surface area contributed by atoms with Crippen LogP contribution in [-0.4, -0.2) is 36.4 Å². The van der Waals surface area contributed by atoms with E-state index in [9.17, 15) is 14.7 Å². The van der Waals surface area contributed by atoms with Crippen molar-refractivity contribution in [2.24, 2.45) is 0 Å². The molecule has 0 fully saturated rings. The molecule has 0 aromatic heterocycles. The van der Waals surface area contributed by atoms with Crippen molar-refractivity contribution in [3.8, 4) is 0 Å². The molecule has 1 unspecified atom stereocenters. The molecule has 0 amide bonds. The number of aliphatic hydroxyl groups excluding tert-OH is 1. The first-order chi connectivity index (χ1) is 24.1.